The van der Waals surface area contributed by atoms with Crippen molar-refractivity contribution >= 4 is 27.4 Å². The molecule has 0 saturated heterocycles. The van der Waals surface area contributed by atoms with Crippen LogP contribution in [0.1, 0.15) is 6.92 Å². The number of aromatic hydroxyl groups is 1. The molecule has 0 fully saturated rings. The monoisotopic (exact) mass is 276 g/mol. The molecule has 0 aliphatic rings. The maximum atomic E-state index is 10.9. The average Bonchev–Trinajstić information content (AvgIpc) is 2.18. The molecule has 1 aromatic rings. The minimum absolute atomic E-state index is 0.482. The third-order valence-corrected chi connectivity index (χ3v) is 2.70. The van der Waals surface area contributed by atoms with Gasteiger partial charge in [0.25, 0.3) is 10.1 Å². The van der Waals surface area contributed by atoms with E-state index in [1.54, 1.807) is 0 Å². The van der Waals surface area contributed by atoms with Gasteiger partial charge in [0.05, 0.1) is 10.6 Å². The van der Waals surface area contributed by atoms with Gasteiger partial charge in [-0.2, -0.15) is 8.42 Å². The number of nitro benzene ring substituents is 1. The molecular weight excluding hydrogens is 268 g/mol. The molecule has 0 radical (unpaired) electrons. The zero-order valence-electron chi connectivity index (χ0n) is 8.95. The molecule has 0 atom stereocenters. The number of amides is 1. The Morgan fingerprint density at radius 1 is 1.44 bits per heavy atom. The average molecular weight is 276 g/mol. The third-order valence-electron chi connectivity index (χ3n) is 1.87. The molecule has 10 heteroatoms. The zero-order chi connectivity index (χ0) is 14.1. The van der Waals surface area contributed by atoms with E-state index in [0.29, 0.717) is 12.1 Å². The van der Waals surface area contributed by atoms with Gasteiger partial charge in [0.15, 0.2) is 0 Å². The van der Waals surface area contributed by atoms with E-state index in [4.69, 9.17) is 4.55 Å². The van der Waals surface area contributed by atoms with Crippen LogP contribution in [-0.2, 0) is 14.9 Å². The van der Waals surface area contributed by atoms with E-state index in [2.05, 4.69) is 0 Å². The molecule has 98 valence electrons. The van der Waals surface area contributed by atoms with Crippen LogP contribution >= 0.6 is 0 Å². The molecule has 0 bridgehead atoms. The molecule has 0 heterocycles. The first-order valence-electron chi connectivity index (χ1n) is 4.39. The fourth-order valence-electron chi connectivity index (χ4n) is 1.17. The largest absolute Gasteiger partial charge is 0.501 e. The lowest BCUT2D eigenvalue weighted by Crippen LogP contribution is -2.08. The molecule has 0 aromatic heterocycles. The maximum Gasteiger partial charge on any atom is 0.314 e. The Labute approximate surface area is 101 Å². The van der Waals surface area contributed by atoms with E-state index in [1.807, 2.05) is 5.32 Å². The Kier molecular flexibility index (Phi) is 3.53. The minimum Gasteiger partial charge on any atom is -0.501 e. The number of hydrogen-bond donors (Lipinski definition) is 3. The van der Waals surface area contributed by atoms with Crippen LogP contribution in [-0.4, -0.2) is 28.9 Å². The summed E-state index contributed by atoms with van der Waals surface area (Å²) in [6, 6.07) is 1.19. The SMILES string of the molecule is CC(=O)Nc1cc(S(=O)(=O)O)cc([N+](=O)[O-])c1O. The summed E-state index contributed by atoms with van der Waals surface area (Å²) in [5.74, 6) is -1.57. The summed E-state index contributed by atoms with van der Waals surface area (Å²) < 4.78 is 30.6. The first-order chi connectivity index (χ1) is 8.12. The van der Waals surface area contributed by atoms with Crippen molar-refractivity contribution in [1.29, 1.82) is 0 Å². The highest BCUT2D eigenvalue weighted by Gasteiger charge is 2.24. The lowest BCUT2D eigenvalue weighted by atomic mass is 10.2. The second kappa shape index (κ2) is 4.58. The van der Waals surface area contributed by atoms with Gasteiger partial charge in [-0.15, -0.1) is 0 Å². The lowest BCUT2D eigenvalue weighted by Gasteiger charge is -2.07. The first kappa shape index (κ1) is 13.9. The fourth-order valence-corrected chi connectivity index (χ4v) is 1.69. The summed E-state index contributed by atoms with van der Waals surface area (Å²) in [4.78, 5) is 19.5. The Hall–Kier alpha value is -2.20. The molecule has 9 nitrogen and oxygen atoms in total. The Morgan fingerprint density at radius 2 is 2.00 bits per heavy atom. The number of nitrogens with zero attached hydrogens (tertiary/aromatic N) is 1. The van der Waals surface area contributed by atoms with E-state index in [-0.39, 0.29) is 0 Å². The number of nitrogens with one attached hydrogen (secondary N) is 1. The molecule has 18 heavy (non-hydrogen) atoms. The second-order valence-electron chi connectivity index (χ2n) is 3.25. The van der Waals surface area contributed by atoms with E-state index < -0.39 is 43.0 Å². The summed E-state index contributed by atoms with van der Waals surface area (Å²) in [6.45, 7) is 1.06. The number of benzene rings is 1. The van der Waals surface area contributed by atoms with Crippen molar-refractivity contribution < 1.29 is 27.8 Å². The van der Waals surface area contributed by atoms with Gasteiger partial charge in [0, 0.05) is 13.0 Å². The van der Waals surface area contributed by atoms with Gasteiger partial charge >= 0.3 is 5.69 Å². The summed E-state index contributed by atoms with van der Waals surface area (Å²) >= 11 is 0. The number of carbonyl (C=O) groups excluding carboxylic acids is 1. The highest BCUT2D eigenvalue weighted by atomic mass is 32.2. The Balaban J connectivity index is 3.56. The van der Waals surface area contributed by atoms with E-state index >= 15 is 0 Å². The number of rotatable bonds is 3. The number of hydrogen-bond acceptors (Lipinski definition) is 6. The first-order valence-corrected chi connectivity index (χ1v) is 5.83. The van der Waals surface area contributed by atoms with Crippen molar-refractivity contribution in [2.45, 2.75) is 11.8 Å². The van der Waals surface area contributed by atoms with Gasteiger partial charge in [-0.1, -0.05) is 0 Å². The molecule has 0 aliphatic carbocycles. The molecule has 0 saturated carbocycles. The molecule has 1 amide bonds. The quantitative estimate of drug-likeness (QED) is 0.315. The smallest absolute Gasteiger partial charge is 0.314 e. The van der Waals surface area contributed by atoms with Crippen LogP contribution in [0.15, 0.2) is 17.0 Å². The van der Waals surface area contributed by atoms with Crippen molar-refractivity contribution in [2.75, 3.05) is 5.32 Å². The van der Waals surface area contributed by atoms with Crippen molar-refractivity contribution in [1.82, 2.24) is 0 Å². The van der Waals surface area contributed by atoms with Crippen LogP contribution in [0.5, 0.6) is 5.75 Å². The topological polar surface area (TPSA) is 147 Å². The third kappa shape index (κ3) is 2.93. The zero-order valence-corrected chi connectivity index (χ0v) is 9.76. The van der Waals surface area contributed by atoms with Crippen LogP contribution in [0.3, 0.4) is 0 Å². The van der Waals surface area contributed by atoms with Gasteiger partial charge in [0.2, 0.25) is 11.7 Å². The number of carbonyl (C=O) groups is 1. The number of nitro groups is 1. The van der Waals surface area contributed by atoms with Gasteiger partial charge in [-0.25, -0.2) is 0 Å². The van der Waals surface area contributed by atoms with E-state index in [1.165, 1.54) is 0 Å². The van der Waals surface area contributed by atoms with Crippen molar-refractivity contribution in [3.8, 4) is 5.75 Å². The van der Waals surface area contributed by atoms with E-state index in [0.717, 1.165) is 6.92 Å². The standard InChI is InChI=1S/C8H8N2O7S/c1-4(11)9-6-2-5(18(15,16)17)3-7(8(6)12)10(13)14/h2-3,12H,1H3,(H,9,11)(H,15,16,17). The van der Waals surface area contributed by atoms with Gasteiger partial charge in [-0.05, 0) is 6.07 Å². The van der Waals surface area contributed by atoms with Gasteiger partial charge in [0.1, 0.15) is 4.90 Å². The summed E-state index contributed by atoms with van der Waals surface area (Å²) in [6.07, 6.45) is 0. The highest BCUT2D eigenvalue weighted by molar-refractivity contribution is 7.85. The number of anilines is 1. The van der Waals surface area contributed by atoms with Gasteiger partial charge in [-0.3, -0.25) is 19.5 Å². The normalized spacial score (nSPS) is 11.0. The Bertz CT molecular complexity index is 623. The van der Waals surface area contributed by atoms with Crippen molar-refractivity contribution in [2.24, 2.45) is 0 Å². The number of phenolic OH excluding ortho intramolecular Hbond substituents is 1. The number of phenols is 1. The fraction of sp³-hybridized carbons (Fsp3) is 0.125. The molecule has 0 spiro atoms. The van der Waals surface area contributed by atoms with Crippen LogP contribution in [0.2, 0.25) is 0 Å². The maximum absolute atomic E-state index is 10.9. The molecule has 3 N–H and O–H groups in total. The molecule has 1 aromatic carbocycles. The highest BCUT2D eigenvalue weighted by Crippen LogP contribution is 2.36. The Morgan fingerprint density at radius 3 is 2.39 bits per heavy atom. The molecule has 1 rings (SSSR count). The summed E-state index contributed by atoms with van der Waals surface area (Å²) in [5, 5.41) is 22.1. The van der Waals surface area contributed by atoms with Crippen LogP contribution < -0.4 is 5.32 Å². The predicted octanol–water partition coefficient (Wildman–Crippen LogP) is 0.505. The van der Waals surface area contributed by atoms with E-state index in [9.17, 15) is 28.4 Å². The lowest BCUT2D eigenvalue weighted by molar-refractivity contribution is -0.386. The minimum atomic E-state index is -4.70. The summed E-state index contributed by atoms with van der Waals surface area (Å²) in [7, 11) is -4.70. The molecular formula is C8H8N2O7S. The second-order valence-corrected chi connectivity index (χ2v) is 4.67. The van der Waals surface area contributed by atoms with Crippen LogP contribution in [0.4, 0.5) is 11.4 Å². The summed E-state index contributed by atoms with van der Waals surface area (Å²) in [5.41, 5.74) is -1.43. The van der Waals surface area contributed by atoms with Gasteiger partial charge < -0.3 is 10.4 Å². The predicted molar refractivity (Wildman–Crippen MR) is 58.9 cm³/mol. The van der Waals surface area contributed by atoms with Crippen molar-refractivity contribution in [3.63, 3.8) is 0 Å². The van der Waals surface area contributed by atoms with Crippen molar-refractivity contribution in [3.05, 3.63) is 22.2 Å². The van der Waals surface area contributed by atoms with Crippen LogP contribution in [0.25, 0.3) is 0 Å². The van der Waals surface area contributed by atoms with Crippen LogP contribution in [0, 0.1) is 10.1 Å². The molecule has 0 unspecified atom stereocenters. The molecule has 0 aliphatic heterocycles.